The number of aryl methyl sites for hydroxylation is 2. The predicted molar refractivity (Wildman–Crippen MR) is 134 cm³/mol. The van der Waals surface area contributed by atoms with Crippen LogP contribution in [0.1, 0.15) is 37.8 Å². The van der Waals surface area contributed by atoms with E-state index < -0.39 is 0 Å². The first kappa shape index (κ1) is 23.1. The first-order valence-corrected chi connectivity index (χ1v) is 11.5. The van der Waals surface area contributed by atoms with Gasteiger partial charge in [-0.05, 0) is 44.0 Å². The minimum Gasteiger partial charge on any atom is -0.481 e. The molecule has 7 nitrogen and oxygen atoms in total. The molecule has 7 heteroatoms. The molecule has 0 aliphatic rings. The fraction of sp³-hybridized carbons (Fsp3) is 0.296. The Kier molecular flexibility index (Phi) is 6.98. The lowest BCUT2D eigenvalue weighted by atomic mass is 10.2. The zero-order valence-electron chi connectivity index (χ0n) is 19.7. The van der Waals surface area contributed by atoms with Crippen molar-refractivity contribution in [2.45, 2.75) is 46.7 Å². The van der Waals surface area contributed by atoms with E-state index in [9.17, 15) is 9.59 Å². The average molecular weight is 457 g/mol. The SMILES string of the molecule is CCCn1c(=O)c2[nH]c(-c3cccc(OCC#Cc4ccc(C)cc4)c3)nc2n(CCC)c1=O. The van der Waals surface area contributed by atoms with Crippen LogP contribution in [0.25, 0.3) is 22.6 Å². The molecule has 0 saturated carbocycles. The number of benzene rings is 2. The van der Waals surface area contributed by atoms with E-state index in [4.69, 9.17) is 4.74 Å². The molecule has 0 atom stereocenters. The Labute approximate surface area is 198 Å². The van der Waals surface area contributed by atoms with Crippen LogP contribution in [0.2, 0.25) is 0 Å². The summed E-state index contributed by atoms with van der Waals surface area (Å²) in [6, 6.07) is 15.5. The van der Waals surface area contributed by atoms with Crippen molar-refractivity contribution in [2.75, 3.05) is 6.61 Å². The van der Waals surface area contributed by atoms with Crippen molar-refractivity contribution in [2.24, 2.45) is 0 Å². The van der Waals surface area contributed by atoms with Crippen LogP contribution in [0.3, 0.4) is 0 Å². The van der Waals surface area contributed by atoms with Gasteiger partial charge in [-0.15, -0.1) is 0 Å². The summed E-state index contributed by atoms with van der Waals surface area (Å²) < 4.78 is 8.67. The quantitative estimate of drug-likeness (QED) is 0.424. The highest BCUT2D eigenvalue weighted by molar-refractivity contribution is 5.75. The third kappa shape index (κ3) is 4.81. The number of fused-ring (bicyclic) bond motifs is 1. The number of nitrogens with zero attached hydrogens (tertiary/aromatic N) is 3. The van der Waals surface area contributed by atoms with Crippen LogP contribution in [0.4, 0.5) is 0 Å². The van der Waals surface area contributed by atoms with Crippen molar-refractivity contribution in [1.82, 2.24) is 19.1 Å². The van der Waals surface area contributed by atoms with E-state index in [0.717, 1.165) is 17.5 Å². The van der Waals surface area contributed by atoms with Gasteiger partial charge in [0.05, 0.1) is 0 Å². The number of aromatic amines is 1. The molecule has 2 heterocycles. The fourth-order valence-electron chi connectivity index (χ4n) is 3.78. The van der Waals surface area contributed by atoms with Crippen LogP contribution in [-0.4, -0.2) is 25.7 Å². The van der Waals surface area contributed by atoms with Crippen molar-refractivity contribution < 1.29 is 4.74 Å². The van der Waals surface area contributed by atoms with E-state index in [-0.39, 0.29) is 17.9 Å². The first-order valence-electron chi connectivity index (χ1n) is 11.5. The van der Waals surface area contributed by atoms with Crippen molar-refractivity contribution >= 4 is 11.2 Å². The Balaban J connectivity index is 1.62. The van der Waals surface area contributed by atoms with Crippen LogP contribution >= 0.6 is 0 Å². The molecule has 0 amide bonds. The van der Waals surface area contributed by atoms with Gasteiger partial charge in [0.2, 0.25) is 0 Å². The summed E-state index contributed by atoms with van der Waals surface area (Å²) in [5.41, 5.74) is 2.96. The van der Waals surface area contributed by atoms with Crippen molar-refractivity contribution in [3.05, 3.63) is 80.5 Å². The normalized spacial score (nSPS) is 10.8. The molecule has 0 spiro atoms. The lowest BCUT2D eigenvalue weighted by Crippen LogP contribution is -2.40. The number of nitrogens with one attached hydrogen (secondary N) is 1. The molecule has 0 aliphatic heterocycles. The molecule has 34 heavy (non-hydrogen) atoms. The molecule has 0 bridgehead atoms. The topological polar surface area (TPSA) is 81.9 Å². The summed E-state index contributed by atoms with van der Waals surface area (Å²) >= 11 is 0. The lowest BCUT2D eigenvalue weighted by Gasteiger charge is -2.09. The maximum Gasteiger partial charge on any atom is 0.332 e. The molecular weight excluding hydrogens is 428 g/mol. The molecule has 0 radical (unpaired) electrons. The largest absolute Gasteiger partial charge is 0.481 e. The number of hydrogen-bond acceptors (Lipinski definition) is 4. The summed E-state index contributed by atoms with van der Waals surface area (Å²) in [5, 5.41) is 0. The maximum absolute atomic E-state index is 13.0. The van der Waals surface area contributed by atoms with Gasteiger partial charge in [-0.2, -0.15) is 0 Å². The van der Waals surface area contributed by atoms with E-state index in [1.54, 1.807) is 4.57 Å². The number of rotatable bonds is 7. The fourth-order valence-corrected chi connectivity index (χ4v) is 3.78. The van der Waals surface area contributed by atoms with Crippen LogP contribution in [0, 0.1) is 18.8 Å². The van der Waals surface area contributed by atoms with Gasteiger partial charge in [-0.3, -0.25) is 13.9 Å². The second-order valence-electron chi connectivity index (χ2n) is 8.16. The third-order valence-electron chi connectivity index (χ3n) is 5.46. The van der Waals surface area contributed by atoms with Crippen molar-refractivity contribution in [3.63, 3.8) is 0 Å². The van der Waals surface area contributed by atoms with Gasteiger partial charge < -0.3 is 9.72 Å². The average Bonchev–Trinajstić information content (AvgIpc) is 3.29. The maximum atomic E-state index is 13.0. The van der Waals surface area contributed by atoms with Gasteiger partial charge in [-0.25, -0.2) is 9.78 Å². The highest BCUT2D eigenvalue weighted by Gasteiger charge is 2.17. The second-order valence-corrected chi connectivity index (χ2v) is 8.16. The monoisotopic (exact) mass is 456 g/mol. The summed E-state index contributed by atoms with van der Waals surface area (Å²) in [6.45, 7) is 7.08. The van der Waals surface area contributed by atoms with E-state index in [1.165, 1.54) is 10.1 Å². The molecule has 0 saturated heterocycles. The van der Waals surface area contributed by atoms with Gasteiger partial charge in [0, 0.05) is 24.2 Å². The van der Waals surface area contributed by atoms with E-state index in [2.05, 4.69) is 21.8 Å². The van der Waals surface area contributed by atoms with Gasteiger partial charge in [0.25, 0.3) is 5.56 Å². The summed E-state index contributed by atoms with van der Waals surface area (Å²) in [4.78, 5) is 33.6. The Morgan fingerprint density at radius 2 is 1.74 bits per heavy atom. The zero-order chi connectivity index (χ0) is 24.1. The molecule has 2 aromatic carbocycles. The van der Waals surface area contributed by atoms with E-state index >= 15 is 0 Å². The molecule has 4 aromatic rings. The molecule has 0 unspecified atom stereocenters. The highest BCUT2D eigenvalue weighted by atomic mass is 16.5. The predicted octanol–water partition coefficient (Wildman–Crippen LogP) is 4.11. The Hall–Kier alpha value is -4.05. The van der Waals surface area contributed by atoms with E-state index in [0.29, 0.717) is 42.2 Å². The Morgan fingerprint density at radius 3 is 2.47 bits per heavy atom. The van der Waals surface area contributed by atoms with Crippen LogP contribution in [-0.2, 0) is 13.1 Å². The molecule has 1 N–H and O–H groups in total. The molecule has 0 aliphatic carbocycles. The van der Waals surface area contributed by atoms with Crippen LogP contribution < -0.4 is 16.0 Å². The molecule has 0 fully saturated rings. The number of aromatic nitrogens is 4. The lowest BCUT2D eigenvalue weighted by molar-refractivity contribution is 0.370. The van der Waals surface area contributed by atoms with Crippen molar-refractivity contribution in [3.8, 4) is 29.0 Å². The van der Waals surface area contributed by atoms with Crippen molar-refractivity contribution in [1.29, 1.82) is 0 Å². The molecule has 4 rings (SSSR count). The molecular formula is C27H28N4O3. The summed E-state index contributed by atoms with van der Waals surface area (Å²) in [7, 11) is 0. The van der Waals surface area contributed by atoms with Gasteiger partial charge in [-0.1, -0.05) is 55.5 Å². The summed E-state index contributed by atoms with van der Waals surface area (Å²) in [5.74, 6) is 7.27. The summed E-state index contributed by atoms with van der Waals surface area (Å²) in [6.07, 6.45) is 1.45. The van der Waals surface area contributed by atoms with Crippen LogP contribution in [0.15, 0.2) is 58.1 Å². The minimum atomic E-state index is -0.341. The smallest absolute Gasteiger partial charge is 0.332 e. The van der Waals surface area contributed by atoms with Crippen LogP contribution in [0.5, 0.6) is 5.75 Å². The van der Waals surface area contributed by atoms with E-state index in [1.807, 2.05) is 69.3 Å². The van der Waals surface area contributed by atoms with Gasteiger partial charge in [0.15, 0.2) is 5.65 Å². The zero-order valence-corrected chi connectivity index (χ0v) is 19.7. The Morgan fingerprint density at radius 1 is 1.00 bits per heavy atom. The number of imidazole rings is 1. The standard InChI is InChI=1S/C27H28N4O3/c1-4-15-30-25-23(26(32)31(16-5-2)27(30)33)28-24(29-25)21-9-6-10-22(18-21)34-17-7-8-20-13-11-19(3)12-14-20/h6,9-14,18H,4-5,15-17H2,1-3H3,(H,28,29). The number of hydrogen-bond donors (Lipinski definition) is 1. The molecule has 2 aromatic heterocycles. The number of ether oxygens (including phenoxy) is 1. The first-order chi connectivity index (χ1) is 16.5. The minimum absolute atomic E-state index is 0.245. The second kappa shape index (κ2) is 10.3. The third-order valence-corrected chi connectivity index (χ3v) is 5.46. The molecule has 174 valence electrons. The number of H-pyrrole nitrogens is 1. The Bertz CT molecular complexity index is 1480. The highest BCUT2D eigenvalue weighted by Crippen LogP contribution is 2.23. The van der Waals surface area contributed by atoms with Gasteiger partial charge in [0.1, 0.15) is 23.7 Å². The van der Waals surface area contributed by atoms with Gasteiger partial charge >= 0.3 is 5.69 Å².